The van der Waals surface area contributed by atoms with E-state index in [1.54, 1.807) is 5.94 Å². The van der Waals surface area contributed by atoms with Crippen LogP contribution >= 0.6 is 0 Å². The molecule has 0 aromatic carbocycles. The Morgan fingerprint density at radius 1 is 1.14 bits per heavy atom. The van der Waals surface area contributed by atoms with Crippen molar-refractivity contribution in [3.63, 3.8) is 0 Å². The third-order valence-corrected chi connectivity index (χ3v) is 4.20. The molecule has 14 heavy (non-hydrogen) atoms. The van der Waals surface area contributed by atoms with E-state index < -0.39 is 14.6 Å². The Labute approximate surface area is 91.4 Å². The Balaban J connectivity index is 0.00000169. The first-order chi connectivity index (χ1) is 6.17. The molecule has 1 radical (unpaired) electrons. The van der Waals surface area contributed by atoms with Gasteiger partial charge in [0.25, 0.3) is 0 Å². The topological polar surface area (TPSA) is 68.3 Å². The summed E-state index contributed by atoms with van der Waals surface area (Å²) in [6.45, 7) is 1.43. The molecule has 0 saturated carbocycles. The third-order valence-electron chi connectivity index (χ3n) is 1.69. The van der Waals surface area contributed by atoms with Crippen LogP contribution in [0.4, 0.5) is 0 Å². The van der Waals surface area contributed by atoms with E-state index >= 15 is 0 Å². The molecule has 4 nitrogen and oxygen atoms in total. The van der Waals surface area contributed by atoms with E-state index in [4.69, 9.17) is 0 Å². The molecule has 0 atom stereocenters. The van der Waals surface area contributed by atoms with Crippen molar-refractivity contribution < 1.29 is 36.2 Å². The zero-order valence-electron chi connectivity index (χ0n) is 6.99. The molecule has 1 aliphatic rings. The first-order valence-corrected chi connectivity index (χ1v) is 4.82. The zero-order valence-corrected chi connectivity index (χ0v) is 9.09. The van der Waals surface area contributed by atoms with Crippen LogP contribution in [0.2, 0.25) is 0 Å². The largest absolute Gasteiger partial charge is 0.289 e. The van der Waals surface area contributed by atoms with Gasteiger partial charge < -0.3 is 0 Å². The fourth-order valence-electron chi connectivity index (χ4n) is 1.04. The minimum atomic E-state index is -1.87. The van der Waals surface area contributed by atoms with Crippen LogP contribution in [-0.2, 0) is 36.2 Å². The van der Waals surface area contributed by atoms with E-state index in [9.17, 15) is 19.2 Å². The van der Waals surface area contributed by atoms with E-state index in [0.29, 0.717) is 0 Å². The van der Waals surface area contributed by atoms with Crippen molar-refractivity contribution in [1.29, 1.82) is 0 Å². The van der Waals surface area contributed by atoms with Gasteiger partial charge in [-0.3, -0.25) is 4.79 Å². The molecule has 0 amide bonds. The van der Waals surface area contributed by atoms with Gasteiger partial charge in [0.1, 0.15) is 17.8 Å². The number of Topliss-reactive ketones (excluding diaryl/α,β-unsaturated/α-hetero) is 1. The first-order valence-electron chi connectivity index (χ1n) is 3.32. The first kappa shape index (κ1) is 12.8. The summed E-state index contributed by atoms with van der Waals surface area (Å²) in [5, 5.41) is 0.0368. The van der Waals surface area contributed by atoms with Crippen LogP contribution in [0.25, 0.3) is 0 Å². The molecule has 0 aliphatic carbocycles. The Morgan fingerprint density at radius 2 is 1.57 bits per heavy atom. The molecule has 1 aliphatic heterocycles. The Bertz CT molecular complexity index is 406. The molecule has 1 heterocycles. The van der Waals surface area contributed by atoms with Crippen LogP contribution in [-0.4, -0.2) is 32.4 Å². The number of hydrogen-bond donors (Lipinski definition) is 0. The number of carbonyl (C=O) groups excluding carboxylic acids is 4. The summed E-state index contributed by atoms with van der Waals surface area (Å²) >= 11 is 0. The number of allylic oxidation sites excluding steroid dienone is 3. The van der Waals surface area contributed by atoms with E-state index in [0.717, 1.165) is 0 Å². The summed E-state index contributed by atoms with van der Waals surface area (Å²) in [7, 11) is -1.87. The predicted octanol–water partition coefficient (Wildman–Crippen LogP) is -1.03. The predicted molar refractivity (Wildman–Crippen MR) is 44.1 cm³/mol. The third kappa shape index (κ3) is 1.67. The molecule has 0 aromatic heterocycles. The van der Waals surface area contributed by atoms with Gasteiger partial charge in [-0.1, -0.05) is 0 Å². The van der Waals surface area contributed by atoms with Gasteiger partial charge >= 0.3 is 0 Å². The number of hydrogen-bond acceptors (Lipinski definition) is 4. The Morgan fingerprint density at radius 3 is 1.86 bits per heavy atom. The minimum Gasteiger partial charge on any atom is -0.289 e. The van der Waals surface area contributed by atoms with Crippen LogP contribution < -0.4 is 0 Å². The molecule has 1 saturated heterocycles. The average molecular weight is 247 g/mol. The van der Waals surface area contributed by atoms with Crippen molar-refractivity contribution in [2.24, 2.45) is 0 Å². The standard InChI is InChI=1S/C8H3O4Si.Fe/c1-5(2-9)13-6(3-10)8(12)7(13)4-11;/h1H3;. The zero-order chi connectivity index (χ0) is 10.0. The summed E-state index contributed by atoms with van der Waals surface area (Å²) in [5.74, 6) is 3.83. The van der Waals surface area contributed by atoms with Crippen LogP contribution in [0, 0.1) is 0 Å². The van der Waals surface area contributed by atoms with Gasteiger partial charge in [-0.05, 0) is 6.92 Å². The quantitative estimate of drug-likeness (QED) is 0.337. The molecule has 0 N–H and O–H groups in total. The molecule has 1 fully saturated rings. The normalized spacial score (nSPS) is 14.5. The maximum atomic E-state index is 10.9. The van der Waals surface area contributed by atoms with Crippen molar-refractivity contribution in [2.75, 3.05) is 0 Å². The summed E-state index contributed by atoms with van der Waals surface area (Å²) < 4.78 is 0. The average Bonchev–Trinajstić information content (AvgIpc) is 2.14. The molecule has 0 aromatic rings. The van der Waals surface area contributed by atoms with Crippen molar-refractivity contribution in [3.05, 3.63) is 15.6 Å². The summed E-state index contributed by atoms with van der Waals surface area (Å²) in [6, 6.07) is 0. The number of carbonyl (C=O) groups is 1. The van der Waals surface area contributed by atoms with Crippen molar-refractivity contribution in [3.8, 4) is 0 Å². The van der Waals surface area contributed by atoms with Crippen LogP contribution in [0.3, 0.4) is 0 Å². The van der Waals surface area contributed by atoms with Crippen molar-refractivity contribution in [2.45, 2.75) is 6.92 Å². The maximum absolute atomic E-state index is 10.9. The van der Waals surface area contributed by atoms with Gasteiger partial charge in [0.2, 0.25) is 8.80 Å². The van der Waals surface area contributed by atoms with Gasteiger partial charge in [0, 0.05) is 22.3 Å². The maximum Gasteiger partial charge on any atom is 0.203 e. The smallest absolute Gasteiger partial charge is 0.203 e. The summed E-state index contributed by atoms with van der Waals surface area (Å²) in [5.41, 5.74) is 0. The van der Waals surface area contributed by atoms with Gasteiger partial charge in [-0.15, -0.1) is 0 Å². The second kappa shape index (κ2) is 4.84. The molecular formula is C8H3FeO4Si. The van der Waals surface area contributed by atoms with E-state index in [1.807, 2.05) is 0 Å². The van der Waals surface area contributed by atoms with Crippen LogP contribution in [0.5, 0.6) is 0 Å². The molecular weight excluding hydrogens is 244 g/mol. The Hall–Kier alpha value is -1.24. The molecule has 71 valence electrons. The summed E-state index contributed by atoms with van der Waals surface area (Å²) in [6.07, 6.45) is 0. The fourth-order valence-corrected chi connectivity index (χ4v) is 2.86. The van der Waals surface area contributed by atoms with Gasteiger partial charge in [-0.25, -0.2) is 14.4 Å². The number of rotatable bonds is 1. The van der Waals surface area contributed by atoms with Gasteiger partial charge in [0.05, 0.1) is 10.4 Å². The molecule has 1 rings (SSSR count). The fraction of sp³-hybridized carbons (Fsp3) is 0.125. The van der Waals surface area contributed by atoms with E-state index in [1.165, 1.54) is 18.8 Å². The Kier molecular flexibility index (Phi) is 4.41. The number of ketones is 1. The SMILES string of the molecule is CC(=C=O)[Si]1C(=C=O)C(=O)C1=C=O.[Fe]. The second-order valence-electron chi connectivity index (χ2n) is 2.39. The van der Waals surface area contributed by atoms with Crippen molar-refractivity contribution in [1.82, 2.24) is 0 Å². The van der Waals surface area contributed by atoms with E-state index in [-0.39, 0.29) is 32.7 Å². The summed E-state index contributed by atoms with van der Waals surface area (Å²) in [4.78, 5) is 41.7. The second-order valence-corrected chi connectivity index (χ2v) is 4.89. The van der Waals surface area contributed by atoms with Gasteiger partial charge in [-0.2, -0.15) is 0 Å². The van der Waals surface area contributed by atoms with E-state index in [2.05, 4.69) is 0 Å². The van der Waals surface area contributed by atoms with Crippen LogP contribution in [0.1, 0.15) is 6.92 Å². The monoisotopic (exact) mass is 247 g/mol. The molecule has 0 bridgehead atoms. The molecule has 6 heteroatoms. The molecule has 0 unspecified atom stereocenters. The van der Waals surface area contributed by atoms with Gasteiger partial charge in [0.15, 0.2) is 5.78 Å². The van der Waals surface area contributed by atoms with Crippen LogP contribution in [0.15, 0.2) is 15.6 Å². The van der Waals surface area contributed by atoms with Crippen molar-refractivity contribution >= 4 is 32.4 Å². The molecule has 0 spiro atoms. The minimum absolute atomic E-state index is 0.